The first-order valence-corrected chi connectivity index (χ1v) is 4.57. The number of rotatable bonds is 0. The molecular weight excluding hydrogens is 170 g/mol. The standard InChI is InChI=1S/C13H11N/c1-9-5-4-7-11-10-6-2-3-8-12(10)14-13(9)11/h2-8,14H,1H3/i1D3. The second-order valence-corrected chi connectivity index (χ2v) is 3.40. The van der Waals surface area contributed by atoms with Crippen molar-refractivity contribution in [2.24, 2.45) is 0 Å². The lowest BCUT2D eigenvalue weighted by atomic mass is 10.1. The van der Waals surface area contributed by atoms with E-state index in [9.17, 15) is 0 Å². The SMILES string of the molecule is [2H]C([2H])([2H])c1cccc2c1[nH]c1ccccc12. The van der Waals surface area contributed by atoms with Gasteiger partial charge < -0.3 is 4.98 Å². The van der Waals surface area contributed by atoms with E-state index in [0.717, 1.165) is 16.3 Å². The lowest BCUT2D eigenvalue weighted by Crippen LogP contribution is -1.73. The lowest BCUT2D eigenvalue weighted by molar-refractivity contribution is 1.45. The minimum Gasteiger partial charge on any atom is -0.354 e. The molecule has 1 N–H and O–H groups in total. The fourth-order valence-corrected chi connectivity index (χ4v) is 1.87. The monoisotopic (exact) mass is 184 g/mol. The van der Waals surface area contributed by atoms with Gasteiger partial charge in [-0.15, -0.1) is 0 Å². The summed E-state index contributed by atoms with van der Waals surface area (Å²) in [7, 11) is 0. The van der Waals surface area contributed by atoms with Crippen LogP contribution in [0.5, 0.6) is 0 Å². The number of aromatic nitrogens is 1. The number of nitrogens with one attached hydrogen (secondary N) is 1. The molecule has 0 aliphatic carbocycles. The average molecular weight is 184 g/mol. The summed E-state index contributed by atoms with van der Waals surface area (Å²) in [4.78, 5) is 3.19. The van der Waals surface area contributed by atoms with Gasteiger partial charge >= 0.3 is 0 Å². The Morgan fingerprint density at radius 3 is 2.79 bits per heavy atom. The Labute approximate surface area is 86.6 Å². The molecule has 0 saturated carbocycles. The maximum atomic E-state index is 7.54. The van der Waals surface area contributed by atoms with E-state index in [2.05, 4.69) is 4.98 Å². The van der Waals surface area contributed by atoms with Gasteiger partial charge in [0, 0.05) is 25.9 Å². The summed E-state index contributed by atoms with van der Waals surface area (Å²) < 4.78 is 22.6. The molecule has 0 atom stereocenters. The Morgan fingerprint density at radius 2 is 1.86 bits per heavy atom. The number of H-pyrrole nitrogens is 1. The quantitative estimate of drug-likeness (QED) is 0.549. The van der Waals surface area contributed by atoms with Gasteiger partial charge in [0.2, 0.25) is 0 Å². The van der Waals surface area contributed by atoms with Crippen molar-refractivity contribution in [3.63, 3.8) is 0 Å². The molecule has 0 aliphatic heterocycles. The highest BCUT2D eigenvalue weighted by Crippen LogP contribution is 2.26. The molecule has 2 aromatic carbocycles. The molecule has 0 amide bonds. The zero-order valence-electron chi connectivity index (χ0n) is 10.5. The van der Waals surface area contributed by atoms with Crippen LogP contribution in [-0.2, 0) is 0 Å². The predicted molar refractivity (Wildman–Crippen MR) is 60.5 cm³/mol. The van der Waals surface area contributed by atoms with Gasteiger partial charge in [0.25, 0.3) is 0 Å². The molecular formula is C13H11N. The maximum Gasteiger partial charge on any atom is 0.0494 e. The third-order valence-electron chi connectivity index (χ3n) is 2.54. The second kappa shape index (κ2) is 2.61. The fraction of sp³-hybridized carbons (Fsp3) is 0.0769. The van der Waals surface area contributed by atoms with E-state index in [-0.39, 0.29) is 0 Å². The topological polar surface area (TPSA) is 15.8 Å². The molecule has 3 aromatic rings. The number of para-hydroxylation sites is 2. The summed E-state index contributed by atoms with van der Waals surface area (Å²) in [5.74, 6) is 0. The molecule has 68 valence electrons. The van der Waals surface area contributed by atoms with Crippen molar-refractivity contribution in [3.05, 3.63) is 48.0 Å². The molecule has 0 bridgehead atoms. The molecule has 3 rings (SSSR count). The van der Waals surface area contributed by atoms with E-state index in [1.807, 2.05) is 30.3 Å². The first kappa shape index (κ1) is 5.20. The third-order valence-corrected chi connectivity index (χ3v) is 2.54. The smallest absolute Gasteiger partial charge is 0.0494 e. The summed E-state index contributed by atoms with van der Waals surface area (Å²) >= 11 is 0. The molecule has 1 heterocycles. The van der Waals surface area contributed by atoms with Crippen molar-refractivity contribution in [1.82, 2.24) is 4.98 Å². The van der Waals surface area contributed by atoms with Crippen LogP contribution in [0, 0.1) is 6.85 Å². The Hall–Kier alpha value is -1.76. The van der Waals surface area contributed by atoms with Crippen LogP contribution in [-0.4, -0.2) is 4.98 Å². The van der Waals surface area contributed by atoms with Gasteiger partial charge in [-0.05, 0) is 18.5 Å². The third kappa shape index (κ3) is 0.896. The number of benzene rings is 2. The van der Waals surface area contributed by atoms with Crippen LogP contribution in [0.1, 0.15) is 9.68 Å². The van der Waals surface area contributed by atoms with Crippen LogP contribution in [0.3, 0.4) is 0 Å². The van der Waals surface area contributed by atoms with Crippen molar-refractivity contribution in [2.75, 3.05) is 0 Å². The first-order valence-electron chi connectivity index (χ1n) is 6.07. The van der Waals surface area contributed by atoms with E-state index in [0.29, 0.717) is 11.1 Å². The van der Waals surface area contributed by atoms with E-state index >= 15 is 0 Å². The number of hydrogen-bond donors (Lipinski definition) is 1. The highest BCUT2D eigenvalue weighted by Gasteiger charge is 2.03. The number of aryl methyl sites for hydroxylation is 1. The summed E-state index contributed by atoms with van der Waals surface area (Å²) in [6, 6.07) is 13.2. The molecule has 0 spiro atoms. The zero-order chi connectivity index (χ0) is 12.0. The van der Waals surface area contributed by atoms with Crippen LogP contribution in [0.15, 0.2) is 42.5 Å². The van der Waals surface area contributed by atoms with Gasteiger partial charge in [0.1, 0.15) is 0 Å². The molecule has 0 aliphatic rings. The number of fused-ring (bicyclic) bond motifs is 3. The van der Waals surface area contributed by atoms with E-state index in [1.165, 1.54) is 0 Å². The van der Waals surface area contributed by atoms with E-state index < -0.39 is 6.85 Å². The molecule has 0 saturated heterocycles. The maximum absolute atomic E-state index is 7.54. The molecule has 14 heavy (non-hydrogen) atoms. The van der Waals surface area contributed by atoms with Gasteiger partial charge in [-0.1, -0.05) is 36.4 Å². The van der Waals surface area contributed by atoms with Crippen molar-refractivity contribution >= 4 is 21.8 Å². The number of aromatic amines is 1. The summed E-state index contributed by atoms with van der Waals surface area (Å²) in [5, 5.41) is 2.03. The van der Waals surface area contributed by atoms with Crippen LogP contribution >= 0.6 is 0 Å². The minimum atomic E-state index is -2.08. The van der Waals surface area contributed by atoms with Crippen molar-refractivity contribution < 1.29 is 4.11 Å². The normalized spacial score (nSPS) is 15.3. The van der Waals surface area contributed by atoms with Crippen LogP contribution in [0.4, 0.5) is 0 Å². The minimum absolute atomic E-state index is 0.381. The predicted octanol–water partition coefficient (Wildman–Crippen LogP) is 3.63. The first-order chi connectivity index (χ1) is 8.07. The molecule has 0 radical (unpaired) electrons. The summed E-state index contributed by atoms with van der Waals surface area (Å²) in [5.41, 5.74) is 2.07. The van der Waals surface area contributed by atoms with Gasteiger partial charge in [-0.25, -0.2) is 0 Å². The Bertz CT molecular complexity index is 695. The summed E-state index contributed by atoms with van der Waals surface area (Å²) in [6.07, 6.45) is 0. The molecule has 1 aromatic heterocycles. The molecule has 0 fully saturated rings. The van der Waals surface area contributed by atoms with Crippen LogP contribution < -0.4 is 0 Å². The molecule has 0 unspecified atom stereocenters. The van der Waals surface area contributed by atoms with Crippen molar-refractivity contribution in [3.8, 4) is 0 Å². The second-order valence-electron chi connectivity index (χ2n) is 3.40. The van der Waals surface area contributed by atoms with E-state index in [4.69, 9.17) is 4.11 Å². The van der Waals surface area contributed by atoms with Crippen molar-refractivity contribution in [2.45, 2.75) is 6.85 Å². The van der Waals surface area contributed by atoms with Gasteiger partial charge in [-0.3, -0.25) is 0 Å². The number of hydrogen-bond acceptors (Lipinski definition) is 0. The molecule has 1 nitrogen and oxygen atoms in total. The van der Waals surface area contributed by atoms with Crippen LogP contribution in [0.25, 0.3) is 21.8 Å². The lowest BCUT2D eigenvalue weighted by Gasteiger charge is -1.93. The highest BCUT2D eigenvalue weighted by atomic mass is 14.7. The van der Waals surface area contributed by atoms with Crippen molar-refractivity contribution in [1.29, 1.82) is 0 Å². The summed E-state index contributed by atoms with van der Waals surface area (Å²) in [6.45, 7) is -2.08. The van der Waals surface area contributed by atoms with Gasteiger partial charge in [0.15, 0.2) is 0 Å². The zero-order valence-corrected chi connectivity index (χ0v) is 7.54. The Balaban J connectivity index is 2.48. The van der Waals surface area contributed by atoms with Gasteiger partial charge in [0.05, 0.1) is 0 Å². The highest BCUT2D eigenvalue weighted by molar-refractivity contribution is 6.08. The van der Waals surface area contributed by atoms with Crippen LogP contribution in [0.2, 0.25) is 0 Å². The fourth-order valence-electron chi connectivity index (χ4n) is 1.87. The molecule has 1 heteroatoms. The van der Waals surface area contributed by atoms with Gasteiger partial charge in [-0.2, -0.15) is 0 Å². The largest absolute Gasteiger partial charge is 0.354 e. The van der Waals surface area contributed by atoms with E-state index in [1.54, 1.807) is 12.1 Å². The Kier molecular flexibility index (Phi) is 0.971. The Morgan fingerprint density at radius 1 is 1.00 bits per heavy atom. The average Bonchev–Trinajstić information content (AvgIpc) is 2.65.